The Balaban J connectivity index is -0.000000320. The Bertz CT molecular complexity index is 47.4. The Morgan fingerprint density at radius 2 is 1.36 bits per heavy atom. The predicted molar refractivity (Wildman–Crippen MR) is 46.7 cm³/mol. The van der Waals surface area contributed by atoms with Gasteiger partial charge in [0.2, 0.25) is 16.3 Å². The maximum absolute atomic E-state index is 2.27. The molecule has 0 saturated heterocycles. The Kier molecular flexibility index (Phi) is 31.7. The summed E-state index contributed by atoms with van der Waals surface area (Å²) in [5, 5.41) is 1.51. The smallest absolute Gasteiger partial charge is 1.00 e. The molecule has 0 aliphatic rings. The number of rotatable bonds is 6. The average molecular weight is 217 g/mol. The van der Waals surface area contributed by atoms with Crippen molar-refractivity contribution in [2.24, 2.45) is 0 Å². The molecule has 0 aromatic heterocycles. The van der Waals surface area contributed by atoms with Crippen LogP contribution in [0.3, 0.4) is 0 Å². The van der Waals surface area contributed by atoms with Gasteiger partial charge in [0, 0.05) is 0 Å². The van der Waals surface area contributed by atoms with Crippen LogP contribution in [0.1, 0.15) is 45.4 Å². The van der Waals surface area contributed by atoms with E-state index in [1.807, 2.05) is 0 Å². The molecule has 0 bridgehead atoms. The minimum atomic E-state index is 0. The van der Waals surface area contributed by atoms with Gasteiger partial charge in [-0.2, -0.15) is 0 Å². The number of hydrogen-bond donors (Lipinski definition) is 0. The molecule has 0 aliphatic heterocycles. The van der Waals surface area contributed by atoms with Crippen molar-refractivity contribution >= 4 is 16.3 Å². The summed E-state index contributed by atoms with van der Waals surface area (Å²) < 4.78 is 0. The molecule has 0 amide bonds. The standard InChI is InChI=1S/C8H17.Al.ClH.K.2H/c1-3-5-7-8-6-4-2;;;;;/h1,3-8H2,2H3;;1H;;;/q;;;+1;;/p-1. The van der Waals surface area contributed by atoms with Crippen LogP contribution in [-0.2, 0) is 0 Å². The van der Waals surface area contributed by atoms with E-state index >= 15 is 0 Å². The number of halogens is 1. The van der Waals surface area contributed by atoms with Gasteiger partial charge in [0.25, 0.3) is 0 Å². The Labute approximate surface area is 129 Å². The van der Waals surface area contributed by atoms with Gasteiger partial charge in [0.15, 0.2) is 0 Å². The molecule has 0 unspecified atom stereocenters. The molecule has 0 aliphatic carbocycles. The topological polar surface area (TPSA) is 0 Å². The van der Waals surface area contributed by atoms with Crippen LogP contribution in [0.15, 0.2) is 0 Å². The molecule has 0 N–H and O–H groups in total. The van der Waals surface area contributed by atoms with E-state index in [1.165, 1.54) is 60.1 Å². The molecule has 0 aromatic carbocycles. The summed E-state index contributed by atoms with van der Waals surface area (Å²) in [5.41, 5.74) is 0. The first-order chi connectivity index (χ1) is 4.41. The molecular formula is C8H19AlClK. The maximum atomic E-state index is 2.27. The summed E-state index contributed by atoms with van der Waals surface area (Å²) in [4.78, 5) is 0. The van der Waals surface area contributed by atoms with E-state index in [0.29, 0.717) is 0 Å². The fourth-order valence-electron chi connectivity index (χ4n) is 1.03. The quantitative estimate of drug-likeness (QED) is 0.318. The van der Waals surface area contributed by atoms with E-state index in [9.17, 15) is 0 Å². The van der Waals surface area contributed by atoms with Gasteiger partial charge in [-0.3, -0.25) is 0 Å². The van der Waals surface area contributed by atoms with Crippen molar-refractivity contribution in [2.75, 3.05) is 0 Å². The van der Waals surface area contributed by atoms with Gasteiger partial charge >= 0.3 is 51.4 Å². The molecule has 0 fully saturated rings. The van der Waals surface area contributed by atoms with E-state index in [-0.39, 0.29) is 63.8 Å². The van der Waals surface area contributed by atoms with Crippen molar-refractivity contribution in [1.29, 1.82) is 0 Å². The van der Waals surface area contributed by atoms with Crippen molar-refractivity contribution in [1.82, 2.24) is 0 Å². The van der Waals surface area contributed by atoms with Crippen LogP contribution in [0, 0.1) is 0 Å². The van der Waals surface area contributed by atoms with Gasteiger partial charge in [-0.05, 0) is 0 Å². The minimum absolute atomic E-state index is 0. The molecule has 0 rings (SSSR count). The molecule has 0 saturated carbocycles. The van der Waals surface area contributed by atoms with E-state index < -0.39 is 0 Å². The van der Waals surface area contributed by atoms with Crippen LogP contribution in [0.4, 0.5) is 0 Å². The molecule has 0 heterocycles. The van der Waals surface area contributed by atoms with Gasteiger partial charge in [0.1, 0.15) is 0 Å². The summed E-state index contributed by atoms with van der Waals surface area (Å²) in [7, 11) is 0. The Hall–Kier alpha value is 2.46. The van der Waals surface area contributed by atoms with Crippen LogP contribution in [0.2, 0.25) is 5.28 Å². The summed E-state index contributed by atoms with van der Waals surface area (Å²) in [5.74, 6) is 0. The monoisotopic (exact) mass is 216 g/mol. The molecule has 0 aromatic rings. The molecule has 0 radical (unpaired) electrons. The van der Waals surface area contributed by atoms with Gasteiger partial charge in [-0.1, -0.05) is 45.4 Å². The van der Waals surface area contributed by atoms with Crippen molar-refractivity contribution in [3.05, 3.63) is 0 Å². The third-order valence-electron chi connectivity index (χ3n) is 1.71. The molecule has 0 nitrogen and oxygen atoms in total. The van der Waals surface area contributed by atoms with E-state index in [2.05, 4.69) is 6.92 Å². The largest absolute Gasteiger partial charge is 1.00 e. The first-order valence-corrected chi connectivity index (χ1v) is 5.83. The molecular weight excluding hydrogens is 198 g/mol. The van der Waals surface area contributed by atoms with Gasteiger partial charge in [-0.25, -0.2) is 0 Å². The first kappa shape index (κ1) is 19.1. The fourth-order valence-corrected chi connectivity index (χ4v) is 1.53. The molecule has 0 spiro atoms. The predicted octanol–water partition coefficient (Wildman–Crippen LogP) is -3.59. The first-order valence-electron chi connectivity index (χ1n) is 4.41. The van der Waals surface area contributed by atoms with E-state index in [4.69, 9.17) is 0 Å². The molecule has 62 valence electrons. The third-order valence-corrected chi connectivity index (χ3v) is 2.41. The Morgan fingerprint density at radius 3 is 1.82 bits per heavy atom. The van der Waals surface area contributed by atoms with Crippen molar-refractivity contribution in [3.63, 3.8) is 0 Å². The van der Waals surface area contributed by atoms with Gasteiger partial charge < -0.3 is 12.4 Å². The SMILES string of the molecule is CCCCCCC[CH2][AlH2].[Cl-].[K+]. The fraction of sp³-hybridized carbons (Fsp3) is 1.00. The van der Waals surface area contributed by atoms with Crippen LogP contribution in [0.5, 0.6) is 0 Å². The zero-order valence-corrected chi connectivity index (χ0v) is 14.2. The zero-order valence-electron chi connectivity index (χ0n) is 8.33. The number of unbranched alkanes of at least 4 members (excludes halogenated alkanes) is 5. The van der Waals surface area contributed by atoms with Crippen LogP contribution in [-0.4, -0.2) is 16.3 Å². The van der Waals surface area contributed by atoms with Crippen LogP contribution in [0.25, 0.3) is 0 Å². The van der Waals surface area contributed by atoms with Crippen molar-refractivity contribution in [2.45, 2.75) is 50.7 Å². The van der Waals surface area contributed by atoms with E-state index in [1.54, 1.807) is 0 Å². The van der Waals surface area contributed by atoms with Crippen LogP contribution < -0.4 is 63.8 Å². The molecule has 11 heavy (non-hydrogen) atoms. The zero-order chi connectivity index (χ0) is 6.95. The second-order valence-corrected chi connectivity index (χ2v) is 3.77. The second kappa shape index (κ2) is 18.3. The summed E-state index contributed by atoms with van der Waals surface area (Å²) >= 11 is 1.41. The molecule has 0 atom stereocenters. The Morgan fingerprint density at radius 1 is 0.909 bits per heavy atom. The summed E-state index contributed by atoms with van der Waals surface area (Å²) in [6.45, 7) is 2.27. The molecule has 3 heteroatoms. The van der Waals surface area contributed by atoms with Crippen LogP contribution >= 0.6 is 0 Å². The summed E-state index contributed by atoms with van der Waals surface area (Å²) in [6, 6.07) is 0. The average Bonchev–Trinajstić information content (AvgIpc) is 1.89. The van der Waals surface area contributed by atoms with Gasteiger partial charge in [0.05, 0.1) is 0 Å². The second-order valence-electron chi connectivity index (χ2n) is 2.77. The number of hydrogen-bond acceptors (Lipinski definition) is 0. The minimum Gasteiger partial charge on any atom is -1.00 e. The normalized spacial score (nSPS) is 8.09. The van der Waals surface area contributed by atoms with Crippen molar-refractivity contribution < 1.29 is 63.8 Å². The maximum Gasteiger partial charge on any atom is 1.00 e. The summed E-state index contributed by atoms with van der Waals surface area (Å²) in [6.07, 6.45) is 8.76. The van der Waals surface area contributed by atoms with E-state index in [0.717, 1.165) is 0 Å². The third kappa shape index (κ3) is 19.0. The van der Waals surface area contributed by atoms with Gasteiger partial charge in [-0.15, -0.1) is 5.28 Å². The van der Waals surface area contributed by atoms with Crippen molar-refractivity contribution in [3.8, 4) is 0 Å².